The summed E-state index contributed by atoms with van der Waals surface area (Å²) in [6.07, 6.45) is 3.39. The maximum Gasteiger partial charge on any atom is 0.338 e. The van der Waals surface area contributed by atoms with Gasteiger partial charge in [0.25, 0.3) is 5.91 Å². The Labute approximate surface area is 189 Å². The van der Waals surface area contributed by atoms with Crippen LogP contribution in [-0.2, 0) is 16.1 Å². The Balaban J connectivity index is 1.21. The molecule has 1 aromatic carbocycles. The lowest BCUT2D eigenvalue weighted by Crippen LogP contribution is -2.50. The Morgan fingerprint density at radius 1 is 1.06 bits per heavy atom. The lowest BCUT2D eigenvalue weighted by molar-refractivity contribution is -0.134. The van der Waals surface area contributed by atoms with Crippen molar-refractivity contribution in [3.05, 3.63) is 64.4 Å². The standard InChI is InChI=1S/C22H23N5O4S/c1-16-25-18(15-32-16)13-30-19-5-3-17(4-6-19)21(29)31-14-20(28)26-9-11-27(12-10-26)22-23-7-2-8-24-22/h2-8,15H,9-14H2,1H3. The van der Waals surface area contributed by atoms with E-state index in [1.54, 1.807) is 59.0 Å². The Morgan fingerprint density at radius 3 is 2.44 bits per heavy atom. The highest BCUT2D eigenvalue weighted by molar-refractivity contribution is 7.09. The van der Waals surface area contributed by atoms with Crippen molar-refractivity contribution in [1.82, 2.24) is 19.9 Å². The Morgan fingerprint density at radius 2 is 1.78 bits per heavy atom. The highest BCUT2D eigenvalue weighted by atomic mass is 32.1. The lowest BCUT2D eigenvalue weighted by Gasteiger charge is -2.34. The monoisotopic (exact) mass is 453 g/mol. The second kappa shape index (κ2) is 10.2. The van der Waals surface area contributed by atoms with Crippen LogP contribution >= 0.6 is 11.3 Å². The van der Waals surface area contributed by atoms with E-state index in [4.69, 9.17) is 9.47 Å². The van der Waals surface area contributed by atoms with Crippen molar-refractivity contribution in [2.45, 2.75) is 13.5 Å². The maximum atomic E-state index is 12.4. The zero-order chi connectivity index (χ0) is 22.3. The number of benzene rings is 1. The molecule has 0 bridgehead atoms. The molecule has 3 heterocycles. The molecule has 2 aromatic heterocycles. The number of amides is 1. The molecule has 0 N–H and O–H groups in total. The van der Waals surface area contributed by atoms with Gasteiger partial charge in [-0.1, -0.05) is 0 Å². The molecule has 1 amide bonds. The highest BCUT2D eigenvalue weighted by Gasteiger charge is 2.23. The Hall–Kier alpha value is -3.53. The number of hydrogen-bond acceptors (Lipinski definition) is 9. The van der Waals surface area contributed by atoms with Crippen LogP contribution in [0.3, 0.4) is 0 Å². The summed E-state index contributed by atoms with van der Waals surface area (Å²) in [6.45, 7) is 4.34. The maximum absolute atomic E-state index is 12.4. The van der Waals surface area contributed by atoms with Crippen LogP contribution in [0.15, 0.2) is 48.1 Å². The SMILES string of the molecule is Cc1nc(COc2ccc(C(=O)OCC(=O)N3CCN(c4ncccn4)CC3)cc2)cs1. The van der Waals surface area contributed by atoms with Crippen molar-refractivity contribution < 1.29 is 19.1 Å². The minimum Gasteiger partial charge on any atom is -0.487 e. The highest BCUT2D eigenvalue weighted by Crippen LogP contribution is 2.16. The summed E-state index contributed by atoms with van der Waals surface area (Å²) in [6, 6.07) is 8.40. The van der Waals surface area contributed by atoms with Gasteiger partial charge in [0.2, 0.25) is 5.95 Å². The molecule has 9 nitrogen and oxygen atoms in total. The van der Waals surface area contributed by atoms with E-state index in [-0.39, 0.29) is 12.5 Å². The fraction of sp³-hybridized carbons (Fsp3) is 0.318. The molecule has 0 spiro atoms. The van der Waals surface area contributed by atoms with Gasteiger partial charge in [-0.15, -0.1) is 11.3 Å². The number of anilines is 1. The topological polar surface area (TPSA) is 97.8 Å². The molecular weight excluding hydrogens is 430 g/mol. The van der Waals surface area contributed by atoms with Crippen LogP contribution in [0.4, 0.5) is 5.95 Å². The molecule has 4 rings (SSSR count). The normalized spacial score (nSPS) is 13.7. The van der Waals surface area contributed by atoms with Gasteiger partial charge < -0.3 is 19.3 Å². The van der Waals surface area contributed by atoms with Crippen LogP contribution in [0, 0.1) is 6.92 Å². The van der Waals surface area contributed by atoms with Crippen molar-refractivity contribution in [2.75, 3.05) is 37.7 Å². The average molecular weight is 454 g/mol. The fourth-order valence-electron chi connectivity index (χ4n) is 3.23. The van der Waals surface area contributed by atoms with Gasteiger partial charge in [0.1, 0.15) is 12.4 Å². The van der Waals surface area contributed by atoms with Gasteiger partial charge in [0.15, 0.2) is 6.61 Å². The summed E-state index contributed by atoms with van der Waals surface area (Å²) in [7, 11) is 0. The third kappa shape index (κ3) is 5.58. The Kier molecular flexibility index (Phi) is 6.90. The number of carbonyl (C=O) groups excluding carboxylic acids is 2. The molecule has 1 fully saturated rings. The predicted molar refractivity (Wildman–Crippen MR) is 119 cm³/mol. The molecule has 32 heavy (non-hydrogen) atoms. The fourth-order valence-corrected chi connectivity index (χ4v) is 3.83. The summed E-state index contributed by atoms with van der Waals surface area (Å²) in [5.41, 5.74) is 1.23. The Bertz CT molecular complexity index is 1050. The molecule has 10 heteroatoms. The summed E-state index contributed by atoms with van der Waals surface area (Å²) in [5, 5.41) is 2.94. The molecular formula is C22H23N5O4S. The molecule has 0 aliphatic carbocycles. The van der Waals surface area contributed by atoms with Crippen LogP contribution in [0.5, 0.6) is 5.75 Å². The molecule has 1 saturated heterocycles. The van der Waals surface area contributed by atoms with Crippen molar-refractivity contribution >= 4 is 29.2 Å². The quantitative estimate of drug-likeness (QED) is 0.503. The van der Waals surface area contributed by atoms with Crippen molar-refractivity contribution in [2.24, 2.45) is 0 Å². The summed E-state index contributed by atoms with van der Waals surface area (Å²) < 4.78 is 10.9. The van der Waals surface area contributed by atoms with E-state index < -0.39 is 5.97 Å². The van der Waals surface area contributed by atoms with Crippen LogP contribution in [0.25, 0.3) is 0 Å². The predicted octanol–water partition coefficient (Wildman–Crippen LogP) is 2.33. The van der Waals surface area contributed by atoms with E-state index in [9.17, 15) is 9.59 Å². The second-order valence-corrected chi connectivity index (χ2v) is 8.23. The van der Waals surface area contributed by atoms with E-state index in [1.165, 1.54) is 0 Å². The van der Waals surface area contributed by atoms with Gasteiger partial charge in [-0.05, 0) is 37.3 Å². The number of thiazole rings is 1. The molecule has 166 valence electrons. The van der Waals surface area contributed by atoms with Gasteiger partial charge in [-0.25, -0.2) is 19.7 Å². The van der Waals surface area contributed by atoms with Gasteiger partial charge in [0.05, 0.1) is 16.3 Å². The third-order valence-corrected chi connectivity index (χ3v) is 5.76. The largest absolute Gasteiger partial charge is 0.487 e. The van der Waals surface area contributed by atoms with Crippen LogP contribution in [0.1, 0.15) is 21.1 Å². The van der Waals surface area contributed by atoms with Crippen molar-refractivity contribution in [3.63, 3.8) is 0 Å². The molecule has 0 saturated carbocycles. The number of esters is 1. The van der Waals surface area contributed by atoms with E-state index in [2.05, 4.69) is 15.0 Å². The molecule has 1 aliphatic heterocycles. The molecule has 0 radical (unpaired) electrons. The smallest absolute Gasteiger partial charge is 0.338 e. The first-order valence-corrected chi connectivity index (χ1v) is 11.1. The number of rotatable bonds is 7. The van der Waals surface area contributed by atoms with Gasteiger partial charge in [0, 0.05) is 44.0 Å². The lowest BCUT2D eigenvalue weighted by atomic mass is 10.2. The van der Waals surface area contributed by atoms with E-state index in [1.807, 2.05) is 17.2 Å². The number of aromatic nitrogens is 3. The minimum absolute atomic E-state index is 0.217. The van der Waals surface area contributed by atoms with Crippen molar-refractivity contribution in [1.29, 1.82) is 0 Å². The third-order valence-electron chi connectivity index (χ3n) is 4.94. The summed E-state index contributed by atoms with van der Waals surface area (Å²) >= 11 is 1.57. The molecule has 0 unspecified atom stereocenters. The van der Waals surface area contributed by atoms with Crippen LogP contribution in [0.2, 0.25) is 0 Å². The zero-order valence-electron chi connectivity index (χ0n) is 17.6. The van der Waals surface area contributed by atoms with Crippen LogP contribution in [-0.4, -0.2) is 64.5 Å². The summed E-state index contributed by atoms with van der Waals surface area (Å²) in [4.78, 5) is 41.2. The number of nitrogens with zero attached hydrogens (tertiary/aromatic N) is 5. The van der Waals surface area contributed by atoms with Crippen molar-refractivity contribution in [3.8, 4) is 5.75 Å². The van der Waals surface area contributed by atoms with E-state index >= 15 is 0 Å². The first kappa shape index (κ1) is 21.7. The molecule has 3 aromatic rings. The first-order valence-electron chi connectivity index (χ1n) is 10.2. The average Bonchev–Trinajstić information content (AvgIpc) is 3.27. The van der Waals surface area contributed by atoms with Gasteiger partial charge in [-0.3, -0.25) is 4.79 Å². The summed E-state index contributed by atoms with van der Waals surface area (Å²) in [5.74, 6) is 0.519. The van der Waals surface area contributed by atoms with Gasteiger partial charge >= 0.3 is 5.97 Å². The van der Waals surface area contributed by atoms with E-state index in [0.29, 0.717) is 50.0 Å². The second-order valence-electron chi connectivity index (χ2n) is 7.16. The number of aryl methyl sites for hydroxylation is 1. The first-order chi connectivity index (χ1) is 15.6. The van der Waals surface area contributed by atoms with Gasteiger partial charge in [-0.2, -0.15) is 0 Å². The number of carbonyl (C=O) groups is 2. The molecule has 1 aliphatic rings. The van der Waals surface area contributed by atoms with E-state index in [0.717, 1.165) is 10.7 Å². The minimum atomic E-state index is -0.545. The number of ether oxygens (including phenoxy) is 2. The van der Waals surface area contributed by atoms with Crippen LogP contribution < -0.4 is 9.64 Å². The zero-order valence-corrected chi connectivity index (χ0v) is 18.5. The number of hydrogen-bond donors (Lipinski definition) is 0. The molecule has 0 atom stereocenters. The number of piperazine rings is 1.